The third-order valence-electron chi connectivity index (χ3n) is 2.71. The molecule has 6 heteroatoms. The van der Waals surface area contributed by atoms with Gasteiger partial charge in [0.15, 0.2) is 0 Å². The highest BCUT2D eigenvalue weighted by Gasteiger charge is 2.19. The lowest BCUT2D eigenvalue weighted by Crippen LogP contribution is -2.05. The van der Waals surface area contributed by atoms with E-state index in [4.69, 9.17) is 0 Å². The fourth-order valence-corrected chi connectivity index (χ4v) is 2.12. The molecule has 0 aliphatic carbocycles. The molecule has 0 saturated heterocycles. The summed E-state index contributed by atoms with van der Waals surface area (Å²) in [6.07, 6.45) is 1.29. The van der Waals surface area contributed by atoms with Gasteiger partial charge in [0.2, 0.25) is 0 Å². The van der Waals surface area contributed by atoms with Crippen LogP contribution in [0.3, 0.4) is 0 Å². The number of hydrogen-bond acceptors (Lipinski definition) is 3. The summed E-state index contributed by atoms with van der Waals surface area (Å²) >= 11 is 3.05. The van der Waals surface area contributed by atoms with Crippen LogP contribution in [0.2, 0.25) is 0 Å². The van der Waals surface area contributed by atoms with Crippen LogP contribution >= 0.6 is 15.9 Å². The van der Waals surface area contributed by atoms with Crippen LogP contribution in [0.5, 0.6) is 0 Å². The van der Waals surface area contributed by atoms with Gasteiger partial charge in [0.25, 0.3) is 0 Å². The maximum absolute atomic E-state index is 14.1. The molecule has 100 valence electrons. The largest absolute Gasteiger partial charge is 0.370 e. The molecule has 0 fully saturated rings. The molecule has 0 bridgehead atoms. The number of nitrogens with zero attached hydrogens (tertiary/aromatic N) is 2. The molecule has 0 aliphatic rings. The highest BCUT2D eigenvalue weighted by molar-refractivity contribution is 9.10. The van der Waals surface area contributed by atoms with Crippen LogP contribution < -0.4 is 5.32 Å². The van der Waals surface area contributed by atoms with E-state index in [9.17, 15) is 8.78 Å². The fourth-order valence-electron chi connectivity index (χ4n) is 1.79. The van der Waals surface area contributed by atoms with Gasteiger partial charge in [-0.1, -0.05) is 0 Å². The smallest absolute Gasteiger partial charge is 0.149 e. The molecule has 0 amide bonds. The predicted molar refractivity (Wildman–Crippen MR) is 74.0 cm³/mol. The van der Waals surface area contributed by atoms with Crippen LogP contribution in [0.4, 0.5) is 14.6 Å². The molecule has 2 aromatic rings. The van der Waals surface area contributed by atoms with Crippen LogP contribution in [0.25, 0.3) is 11.3 Å². The second-order valence-electron chi connectivity index (χ2n) is 3.94. The normalized spacial score (nSPS) is 10.6. The molecule has 3 nitrogen and oxygen atoms in total. The summed E-state index contributed by atoms with van der Waals surface area (Å²) in [5.41, 5.74) is 0.718. The van der Waals surface area contributed by atoms with Crippen LogP contribution in [0, 0.1) is 18.6 Å². The van der Waals surface area contributed by atoms with Gasteiger partial charge in [0.1, 0.15) is 23.8 Å². The lowest BCUT2D eigenvalue weighted by Gasteiger charge is -2.12. The summed E-state index contributed by atoms with van der Waals surface area (Å²) in [5.74, 6) is -0.736. The quantitative estimate of drug-likeness (QED) is 0.868. The van der Waals surface area contributed by atoms with Gasteiger partial charge >= 0.3 is 0 Å². The molecule has 2 rings (SSSR count). The lowest BCUT2D eigenvalue weighted by atomic mass is 10.1. The van der Waals surface area contributed by atoms with Crippen molar-refractivity contribution < 1.29 is 8.78 Å². The van der Waals surface area contributed by atoms with Crippen molar-refractivity contribution in [3.63, 3.8) is 0 Å². The van der Waals surface area contributed by atoms with Crippen molar-refractivity contribution >= 4 is 21.7 Å². The first kappa shape index (κ1) is 13.9. The van der Waals surface area contributed by atoms with E-state index in [1.165, 1.54) is 18.5 Å². The summed E-state index contributed by atoms with van der Waals surface area (Å²) in [4.78, 5) is 8.06. The number of anilines is 1. The molecule has 0 spiro atoms. The zero-order valence-electron chi connectivity index (χ0n) is 10.5. The third kappa shape index (κ3) is 2.58. The first-order valence-electron chi connectivity index (χ1n) is 5.75. The third-order valence-corrected chi connectivity index (χ3v) is 3.32. The summed E-state index contributed by atoms with van der Waals surface area (Å²) in [6.45, 7) is 4.31. The second-order valence-corrected chi connectivity index (χ2v) is 4.80. The van der Waals surface area contributed by atoms with Crippen molar-refractivity contribution in [1.82, 2.24) is 9.97 Å². The number of hydrogen-bond donors (Lipinski definition) is 1. The lowest BCUT2D eigenvalue weighted by molar-refractivity contribution is 0.584. The molecule has 0 radical (unpaired) electrons. The maximum Gasteiger partial charge on any atom is 0.149 e. The Morgan fingerprint density at radius 3 is 2.68 bits per heavy atom. The Kier molecular flexibility index (Phi) is 4.09. The fraction of sp³-hybridized carbons (Fsp3) is 0.231. The van der Waals surface area contributed by atoms with Crippen molar-refractivity contribution in [2.45, 2.75) is 13.8 Å². The topological polar surface area (TPSA) is 37.8 Å². The highest BCUT2D eigenvalue weighted by atomic mass is 79.9. The summed E-state index contributed by atoms with van der Waals surface area (Å²) in [6, 6.07) is 2.53. The van der Waals surface area contributed by atoms with Gasteiger partial charge in [-0.2, -0.15) is 0 Å². The van der Waals surface area contributed by atoms with Crippen molar-refractivity contribution in [3.05, 3.63) is 40.1 Å². The first-order chi connectivity index (χ1) is 9.06. The molecule has 0 aliphatic heterocycles. The van der Waals surface area contributed by atoms with Crippen LogP contribution in [0.1, 0.15) is 12.5 Å². The second kappa shape index (κ2) is 5.61. The zero-order chi connectivity index (χ0) is 14.0. The van der Waals surface area contributed by atoms with Gasteiger partial charge in [-0.25, -0.2) is 18.7 Å². The highest BCUT2D eigenvalue weighted by Crippen LogP contribution is 2.32. The SMILES string of the molecule is CCNc1ncnc(-c2c(F)ccc(Br)c2F)c1C. The minimum Gasteiger partial charge on any atom is -0.370 e. The zero-order valence-corrected chi connectivity index (χ0v) is 12.1. The molecule has 1 aromatic heterocycles. The van der Waals surface area contributed by atoms with E-state index in [1.807, 2.05) is 6.92 Å². The van der Waals surface area contributed by atoms with Gasteiger partial charge in [-0.05, 0) is 41.9 Å². The Hall–Kier alpha value is -1.56. The number of aromatic nitrogens is 2. The Balaban J connectivity index is 2.66. The Morgan fingerprint density at radius 2 is 2.00 bits per heavy atom. The van der Waals surface area contributed by atoms with Crippen molar-refractivity contribution in [2.75, 3.05) is 11.9 Å². The van der Waals surface area contributed by atoms with Crippen LogP contribution in [-0.4, -0.2) is 16.5 Å². The van der Waals surface area contributed by atoms with Gasteiger partial charge in [-0.15, -0.1) is 0 Å². The van der Waals surface area contributed by atoms with Crippen LogP contribution in [-0.2, 0) is 0 Å². The first-order valence-corrected chi connectivity index (χ1v) is 6.54. The van der Waals surface area contributed by atoms with Gasteiger partial charge in [-0.3, -0.25) is 0 Å². The van der Waals surface area contributed by atoms with E-state index < -0.39 is 11.6 Å². The molecular weight excluding hydrogens is 316 g/mol. The van der Waals surface area contributed by atoms with E-state index in [0.717, 1.165) is 0 Å². The number of benzene rings is 1. The minimum absolute atomic E-state index is 0.145. The molecule has 0 unspecified atom stereocenters. The van der Waals surface area contributed by atoms with Crippen molar-refractivity contribution in [2.24, 2.45) is 0 Å². The molecule has 0 atom stereocenters. The molecule has 0 saturated carbocycles. The van der Waals surface area contributed by atoms with E-state index in [2.05, 4.69) is 31.2 Å². The van der Waals surface area contributed by atoms with Gasteiger partial charge < -0.3 is 5.32 Å². The van der Waals surface area contributed by atoms with E-state index in [-0.39, 0.29) is 15.7 Å². The number of halogens is 3. The molecule has 1 heterocycles. The molecule has 1 aromatic carbocycles. The molecule has 19 heavy (non-hydrogen) atoms. The average Bonchev–Trinajstić information content (AvgIpc) is 2.39. The molecular formula is C13H12BrF2N3. The predicted octanol–water partition coefficient (Wildman–Crippen LogP) is 3.92. The minimum atomic E-state index is -0.663. The van der Waals surface area contributed by atoms with Crippen molar-refractivity contribution in [3.8, 4) is 11.3 Å². The molecule has 1 N–H and O–H groups in total. The van der Waals surface area contributed by atoms with E-state index in [1.54, 1.807) is 6.92 Å². The Morgan fingerprint density at radius 1 is 1.26 bits per heavy atom. The monoisotopic (exact) mass is 327 g/mol. The maximum atomic E-state index is 14.1. The number of nitrogens with one attached hydrogen (secondary N) is 1. The van der Waals surface area contributed by atoms with Crippen LogP contribution in [0.15, 0.2) is 22.9 Å². The van der Waals surface area contributed by atoms with Crippen molar-refractivity contribution in [1.29, 1.82) is 0 Å². The Labute approximate surface area is 118 Å². The van der Waals surface area contributed by atoms with Gasteiger partial charge in [0, 0.05) is 12.1 Å². The van der Waals surface area contributed by atoms with E-state index in [0.29, 0.717) is 17.9 Å². The standard InChI is InChI=1S/C13H12BrF2N3/c1-3-17-13-7(2)12(18-6-19-13)10-9(15)5-4-8(14)11(10)16/h4-6H,3H2,1-2H3,(H,17,18,19). The van der Waals surface area contributed by atoms with Gasteiger partial charge in [0.05, 0.1) is 15.7 Å². The summed E-state index contributed by atoms with van der Waals surface area (Å²) < 4.78 is 28.2. The Bertz CT molecular complexity index is 617. The summed E-state index contributed by atoms with van der Waals surface area (Å²) in [5, 5.41) is 3.03. The average molecular weight is 328 g/mol. The van der Waals surface area contributed by atoms with E-state index >= 15 is 0 Å². The summed E-state index contributed by atoms with van der Waals surface area (Å²) in [7, 11) is 0. The number of rotatable bonds is 3.